The fourth-order valence-electron chi connectivity index (χ4n) is 0.249. The monoisotopic (exact) mass is 81.0 g/mol. The third-order valence-electron chi connectivity index (χ3n) is 0.486. The molecule has 1 aromatic rings. The van der Waals surface area contributed by atoms with Gasteiger partial charge in [0.25, 0.3) is 0 Å². The largest absolute Gasteiger partial charge is 0.260 e. The van der Waals surface area contributed by atoms with Gasteiger partial charge in [-0.2, -0.15) is 5.10 Å². The molecule has 0 fully saturated rings. The van der Waals surface area contributed by atoms with E-state index in [1.165, 1.54) is 12.3 Å². The summed E-state index contributed by atoms with van der Waals surface area (Å²) in [4.78, 5) is 0. The number of nitrogens with one attached hydrogen (secondary N) is 1. The van der Waals surface area contributed by atoms with Crippen LogP contribution in [0.25, 0.3) is 0 Å². The molecule has 30 valence electrons. The minimum atomic E-state index is 0.106. The number of aromatic nitrogens is 2. The second-order valence-electron chi connectivity index (χ2n) is 0.942. The highest BCUT2D eigenvalue weighted by Crippen LogP contribution is 1.89. The van der Waals surface area contributed by atoms with Crippen LogP contribution in [0, 0.1) is 0 Å². The van der Waals surface area contributed by atoms with E-state index in [4.69, 9.17) is 5.73 Å². The number of H-pyrrole nitrogens is 1. The topological polar surface area (TPSA) is 51.0 Å². The lowest BCUT2D eigenvalue weighted by atomic mass is 10.7. The second-order valence-corrected chi connectivity index (χ2v) is 0.942. The van der Waals surface area contributed by atoms with Crippen molar-refractivity contribution in [2.24, 2.45) is 0 Å². The van der Waals surface area contributed by atoms with E-state index >= 15 is 0 Å². The van der Waals surface area contributed by atoms with Crippen LogP contribution in [0.15, 0.2) is 12.3 Å². The average molecular weight is 81.1 g/mol. The summed E-state index contributed by atoms with van der Waals surface area (Å²) in [6, 6.07) is 1.47. The van der Waals surface area contributed by atoms with Crippen LogP contribution in [0.2, 0.25) is 0 Å². The maximum Gasteiger partial charge on any atom is 0.170 e. The van der Waals surface area contributed by atoms with Gasteiger partial charge in [-0.25, -0.2) is 0 Å². The highest BCUT2D eigenvalue weighted by Gasteiger charge is 1.78. The molecule has 0 atom stereocenters. The first-order valence-corrected chi connectivity index (χ1v) is 1.58. The van der Waals surface area contributed by atoms with Gasteiger partial charge in [0.15, 0.2) is 5.82 Å². The van der Waals surface area contributed by atoms with Crippen LogP contribution >= 0.6 is 0 Å². The summed E-state index contributed by atoms with van der Waals surface area (Å²) in [5, 5.41) is 5.75. The van der Waals surface area contributed by atoms with Gasteiger partial charge in [0, 0.05) is 6.07 Å². The van der Waals surface area contributed by atoms with Gasteiger partial charge in [0.1, 0.15) is 0 Å². The third-order valence-corrected chi connectivity index (χ3v) is 0.486. The Kier molecular flexibility index (Phi) is 0.538. The maximum atomic E-state index is 8.35. The van der Waals surface area contributed by atoms with E-state index in [9.17, 15) is 0 Å². The predicted molar refractivity (Wildman–Crippen MR) is 20.4 cm³/mol. The fraction of sp³-hybridized carbons (Fsp3) is 0. The SMILES string of the molecule is [N]c1ccn[nH]1. The minimum absolute atomic E-state index is 0.106. The molecule has 6 heavy (non-hydrogen) atoms. The summed E-state index contributed by atoms with van der Waals surface area (Å²) in [5.41, 5.74) is 8.35. The van der Waals surface area contributed by atoms with Gasteiger partial charge < -0.3 is 0 Å². The smallest absolute Gasteiger partial charge is 0.170 e. The molecule has 1 rings (SSSR count). The molecule has 1 aromatic heterocycles. The van der Waals surface area contributed by atoms with E-state index in [1.807, 2.05) is 0 Å². The Labute approximate surface area is 35.2 Å². The molecular weight excluding hydrogens is 78.1 g/mol. The standard InChI is InChI=1S/C3H3N3/c4-3-1-2-5-6-3/h1-2H,(H,5,6). The Bertz CT molecular complexity index is 110. The van der Waals surface area contributed by atoms with Gasteiger partial charge in [-0.1, -0.05) is 0 Å². The van der Waals surface area contributed by atoms with Crippen molar-refractivity contribution in [1.82, 2.24) is 15.9 Å². The van der Waals surface area contributed by atoms with Crippen molar-refractivity contribution >= 4 is 5.82 Å². The van der Waals surface area contributed by atoms with Crippen molar-refractivity contribution in [2.75, 3.05) is 0 Å². The molecule has 0 aromatic carbocycles. The Morgan fingerprint density at radius 1 is 1.83 bits per heavy atom. The maximum absolute atomic E-state index is 8.35. The summed E-state index contributed by atoms with van der Waals surface area (Å²) in [5.74, 6) is 0.106. The molecule has 0 spiro atoms. The lowest BCUT2D eigenvalue weighted by molar-refractivity contribution is 1.08. The molecule has 1 N–H and O–H groups in total. The Balaban J connectivity index is 3.05. The second kappa shape index (κ2) is 1.01. The average Bonchev–Trinajstić information content (AvgIpc) is 1.86. The molecule has 0 saturated carbocycles. The Hall–Kier alpha value is -0.990. The van der Waals surface area contributed by atoms with Gasteiger partial charge in [0.05, 0.1) is 6.20 Å². The van der Waals surface area contributed by atoms with E-state index < -0.39 is 0 Å². The first-order valence-electron chi connectivity index (χ1n) is 1.58. The van der Waals surface area contributed by atoms with E-state index in [0.717, 1.165) is 0 Å². The summed E-state index contributed by atoms with van der Waals surface area (Å²) in [7, 11) is 0. The highest BCUT2D eigenvalue weighted by atomic mass is 15.1. The highest BCUT2D eigenvalue weighted by molar-refractivity contribution is 5.17. The number of rotatable bonds is 0. The summed E-state index contributed by atoms with van der Waals surface area (Å²) in [6.07, 6.45) is 1.48. The van der Waals surface area contributed by atoms with Crippen molar-refractivity contribution in [3.63, 3.8) is 0 Å². The lowest BCUT2D eigenvalue weighted by Gasteiger charge is -1.63. The van der Waals surface area contributed by atoms with Gasteiger partial charge in [-0.3, -0.25) is 5.10 Å². The molecule has 0 amide bonds. The number of hydrogen-bond donors (Lipinski definition) is 1. The number of hydrogen-bond acceptors (Lipinski definition) is 1. The summed E-state index contributed by atoms with van der Waals surface area (Å²) < 4.78 is 0. The molecular formula is C3H3N3. The summed E-state index contributed by atoms with van der Waals surface area (Å²) in [6.45, 7) is 0. The van der Waals surface area contributed by atoms with Gasteiger partial charge in [-0.05, 0) is 0 Å². The Morgan fingerprint density at radius 2 is 2.67 bits per heavy atom. The van der Waals surface area contributed by atoms with Gasteiger partial charge >= 0.3 is 0 Å². The molecule has 1 heterocycles. The van der Waals surface area contributed by atoms with Crippen LogP contribution < -0.4 is 5.73 Å². The molecule has 3 nitrogen and oxygen atoms in total. The van der Waals surface area contributed by atoms with Crippen LogP contribution in [0.5, 0.6) is 0 Å². The van der Waals surface area contributed by atoms with Crippen molar-refractivity contribution in [2.45, 2.75) is 0 Å². The minimum Gasteiger partial charge on any atom is -0.260 e. The normalized spacial score (nSPS) is 8.67. The molecule has 2 radical (unpaired) electrons. The predicted octanol–water partition coefficient (Wildman–Crippen LogP) is 0.110. The quantitative estimate of drug-likeness (QED) is 0.473. The van der Waals surface area contributed by atoms with Crippen LogP contribution in [0.1, 0.15) is 0 Å². The fourth-order valence-corrected chi connectivity index (χ4v) is 0.249. The molecule has 0 unspecified atom stereocenters. The zero-order chi connectivity index (χ0) is 4.41. The molecule has 0 aliphatic rings. The first kappa shape index (κ1) is 3.21. The number of aromatic amines is 1. The zero-order valence-corrected chi connectivity index (χ0v) is 3.05. The van der Waals surface area contributed by atoms with Crippen molar-refractivity contribution < 1.29 is 0 Å². The van der Waals surface area contributed by atoms with Crippen LogP contribution in [-0.4, -0.2) is 10.2 Å². The van der Waals surface area contributed by atoms with Gasteiger partial charge in [-0.15, -0.1) is 5.73 Å². The number of nitrogens with zero attached hydrogens (tertiary/aromatic N) is 2. The third kappa shape index (κ3) is 0.337. The van der Waals surface area contributed by atoms with Gasteiger partial charge in [0.2, 0.25) is 0 Å². The molecule has 0 aliphatic carbocycles. The first-order chi connectivity index (χ1) is 2.89. The van der Waals surface area contributed by atoms with E-state index in [0.29, 0.717) is 0 Å². The van der Waals surface area contributed by atoms with Crippen LogP contribution in [-0.2, 0) is 0 Å². The van der Waals surface area contributed by atoms with Crippen molar-refractivity contribution in [3.05, 3.63) is 12.3 Å². The van der Waals surface area contributed by atoms with Crippen molar-refractivity contribution in [3.8, 4) is 0 Å². The summed E-state index contributed by atoms with van der Waals surface area (Å²) >= 11 is 0. The van der Waals surface area contributed by atoms with Crippen LogP contribution in [0.3, 0.4) is 0 Å². The molecule has 3 heteroatoms. The Morgan fingerprint density at radius 3 is 2.83 bits per heavy atom. The molecule has 0 bridgehead atoms. The van der Waals surface area contributed by atoms with E-state index in [1.54, 1.807) is 0 Å². The lowest BCUT2D eigenvalue weighted by Crippen LogP contribution is -1.64. The van der Waals surface area contributed by atoms with E-state index in [2.05, 4.69) is 10.2 Å². The molecule has 0 aliphatic heterocycles. The van der Waals surface area contributed by atoms with Crippen LogP contribution in [0.4, 0.5) is 5.82 Å². The van der Waals surface area contributed by atoms with Crippen molar-refractivity contribution in [1.29, 1.82) is 0 Å². The molecule has 0 saturated heterocycles. The zero-order valence-electron chi connectivity index (χ0n) is 3.05. The van der Waals surface area contributed by atoms with E-state index in [-0.39, 0.29) is 5.82 Å².